The number of carbonyl (C=O) groups is 3. The van der Waals surface area contributed by atoms with Crippen LogP contribution >= 0.6 is 27.3 Å². The van der Waals surface area contributed by atoms with E-state index in [4.69, 9.17) is 24.9 Å². The maximum absolute atomic E-state index is 11.9. The predicted molar refractivity (Wildman–Crippen MR) is 155 cm³/mol. The average Bonchev–Trinajstić information content (AvgIpc) is 3.40. The molecule has 0 fully saturated rings. The van der Waals surface area contributed by atoms with Crippen LogP contribution in [0.2, 0.25) is 0 Å². The second-order valence-corrected chi connectivity index (χ2v) is 8.92. The minimum atomic E-state index is -0.778. The number of nitrogen functional groups attached to an aromatic ring is 1. The van der Waals surface area contributed by atoms with Crippen molar-refractivity contribution in [3.8, 4) is 0 Å². The molecule has 2 N–H and O–H groups in total. The Morgan fingerprint density at radius 3 is 1.85 bits per heavy atom. The highest BCUT2D eigenvalue weighted by Gasteiger charge is 2.22. The quantitative estimate of drug-likeness (QED) is 0.0955. The fourth-order valence-electron chi connectivity index (χ4n) is 2.74. The molecule has 0 aliphatic rings. The number of anilines is 1. The van der Waals surface area contributed by atoms with Crippen LogP contribution in [0, 0.1) is 0 Å². The number of esters is 2. The van der Waals surface area contributed by atoms with Crippen molar-refractivity contribution in [2.45, 2.75) is 27.1 Å². The van der Waals surface area contributed by atoms with Crippen LogP contribution in [0.15, 0.2) is 76.4 Å². The van der Waals surface area contributed by atoms with E-state index in [0.29, 0.717) is 10.8 Å². The van der Waals surface area contributed by atoms with Crippen LogP contribution in [-0.4, -0.2) is 52.7 Å². The summed E-state index contributed by atoms with van der Waals surface area (Å²) >= 11 is 4.20. The van der Waals surface area contributed by atoms with Gasteiger partial charge in [-0.2, -0.15) is 0 Å². The van der Waals surface area contributed by atoms with E-state index >= 15 is 0 Å². The molecule has 13 heteroatoms. The lowest BCUT2D eigenvalue weighted by atomic mass is 10.2. The summed E-state index contributed by atoms with van der Waals surface area (Å²) in [5, 5.41) is 9.40. The maximum Gasteiger partial charge on any atom is 0.364 e. The number of nitrogens with zero attached hydrogens (tertiary/aromatic N) is 3. The van der Waals surface area contributed by atoms with Gasteiger partial charge in [0.15, 0.2) is 5.13 Å². The molecule has 1 heterocycles. The molecule has 0 amide bonds. The third-order valence-corrected chi connectivity index (χ3v) is 5.73. The molecule has 11 nitrogen and oxygen atoms in total. The number of oxime groups is 2. The monoisotopic (exact) mass is 632 g/mol. The first-order valence-electron chi connectivity index (χ1n) is 12.0. The largest absolute Gasteiger partial charge is 0.461 e. The van der Waals surface area contributed by atoms with E-state index in [0.717, 1.165) is 11.1 Å². The van der Waals surface area contributed by atoms with Crippen molar-refractivity contribution in [1.29, 1.82) is 0 Å². The summed E-state index contributed by atoms with van der Waals surface area (Å²) in [5.41, 5.74) is 7.43. The van der Waals surface area contributed by atoms with Gasteiger partial charge in [-0.1, -0.05) is 86.9 Å². The lowest BCUT2D eigenvalue weighted by Crippen LogP contribution is -2.27. The normalized spacial score (nSPS) is 11.1. The SMILES string of the molecule is CCOC(=O)/C(=N\OCc1ccccc1)C(=O)CBr.CCOC(=O)/C(=N\OCc1ccccc1)c1csc(N)n1. The highest BCUT2D eigenvalue weighted by molar-refractivity contribution is 9.09. The standard InChI is InChI=1S/C14H15N3O3S.C13H14BrNO4/c1-2-19-13(18)12(11-9-21-14(15)16-11)17-20-8-10-6-4-3-5-7-10;1-2-18-13(17)12(11(16)8-14)15-19-9-10-6-4-3-5-7-10/h3-7,9H,2,8H2,1H3,(H2,15,16);3-7H,2,8-9H2,1H3/b17-12-;15-12-. The van der Waals surface area contributed by atoms with Crippen molar-refractivity contribution in [2.24, 2.45) is 10.3 Å². The molecule has 0 aliphatic heterocycles. The Labute approximate surface area is 244 Å². The summed E-state index contributed by atoms with van der Waals surface area (Å²) in [7, 11) is 0. The zero-order valence-electron chi connectivity index (χ0n) is 21.9. The van der Waals surface area contributed by atoms with E-state index in [9.17, 15) is 14.4 Å². The number of nitrogens with two attached hydrogens (primary N) is 1. The lowest BCUT2D eigenvalue weighted by Gasteiger charge is -2.04. The Kier molecular flexibility index (Phi) is 14.6. The molecule has 40 heavy (non-hydrogen) atoms. The van der Waals surface area contributed by atoms with E-state index in [-0.39, 0.29) is 43.2 Å². The number of rotatable bonds is 13. The molecule has 0 saturated carbocycles. The van der Waals surface area contributed by atoms with Crippen molar-refractivity contribution in [3.63, 3.8) is 0 Å². The molecule has 1 aromatic heterocycles. The van der Waals surface area contributed by atoms with Crippen LogP contribution in [0.1, 0.15) is 30.7 Å². The molecule has 0 bridgehead atoms. The molecule has 2 aromatic carbocycles. The molecule has 0 unspecified atom stereocenters. The van der Waals surface area contributed by atoms with Gasteiger partial charge in [0.2, 0.25) is 17.2 Å². The van der Waals surface area contributed by atoms with Gasteiger partial charge in [-0.15, -0.1) is 11.3 Å². The Balaban J connectivity index is 0.000000282. The van der Waals surface area contributed by atoms with Crippen molar-refractivity contribution in [2.75, 3.05) is 24.3 Å². The molecule has 0 atom stereocenters. The molecular weight excluding hydrogens is 604 g/mol. The molecular formula is C27H29BrN4O7S. The van der Waals surface area contributed by atoms with Gasteiger partial charge in [0.05, 0.1) is 18.5 Å². The summed E-state index contributed by atoms with van der Waals surface area (Å²) in [5.74, 6) is -1.85. The van der Waals surface area contributed by atoms with Crippen molar-refractivity contribution in [3.05, 3.63) is 82.9 Å². The number of Topliss-reactive ketones (excluding diaryl/α,β-unsaturated/α-hetero) is 1. The number of hydrogen-bond acceptors (Lipinski definition) is 12. The molecule has 0 aliphatic carbocycles. The van der Waals surface area contributed by atoms with Crippen molar-refractivity contribution < 1.29 is 33.5 Å². The molecule has 0 saturated heterocycles. The number of benzene rings is 2. The zero-order valence-corrected chi connectivity index (χ0v) is 24.4. The van der Waals surface area contributed by atoms with Crippen LogP contribution in [0.4, 0.5) is 5.13 Å². The van der Waals surface area contributed by atoms with E-state index in [2.05, 4.69) is 31.2 Å². The van der Waals surface area contributed by atoms with Gasteiger partial charge in [0, 0.05) is 5.38 Å². The fourth-order valence-corrected chi connectivity index (χ4v) is 3.55. The van der Waals surface area contributed by atoms with E-state index in [1.165, 1.54) is 11.3 Å². The summed E-state index contributed by atoms with van der Waals surface area (Å²) in [4.78, 5) is 49.2. The second-order valence-electron chi connectivity index (χ2n) is 7.47. The number of halogens is 1. The first-order valence-corrected chi connectivity index (χ1v) is 14.0. The maximum atomic E-state index is 11.9. The van der Waals surface area contributed by atoms with Crippen LogP contribution < -0.4 is 5.73 Å². The minimum absolute atomic E-state index is 0.0145. The van der Waals surface area contributed by atoms with E-state index < -0.39 is 17.7 Å². The Morgan fingerprint density at radius 1 is 0.850 bits per heavy atom. The van der Waals surface area contributed by atoms with Gasteiger partial charge < -0.3 is 24.9 Å². The molecule has 3 rings (SSSR count). The van der Waals surface area contributed by atoms with Crippen LogP contribution in [0.5, 0.6) is 0 Å². The van der Waals surface area contributed by atoms with E-state index in [1.54, 1.807) is 19.2 Å². The van der Waals surface area contributed by atoms with Gasteiger partial charge >= 0.3 is 11.9 Å². The number of hydrogen-bond donors (Lipinski definition) is 1. The first kappa shape index (κ1) is 32.1. The molecule has 3 aromatic rings. The van der Waals surface area contributed by atoms with Crippen LogP contribution in [0.3, 0.4) is 0 Å². The third-order valence-electron chi connectivity index (χ3n) is 4.55. The minimum Gasteiger partial charge on any atom is -0.461 e. The van der Waals surface area contributed by atoms with Gasteiger partial charge in [0.1, 0.15) is 18.9 Å². The Hall–Kier alpha value is -4.10. The van der Waals surface area contributed by atoms with E-state index in [1.807, 2.05) is 60.7 Å². The average molecular weight is 634 g/mol. The Morgan fingerprint density at radius 2 is 1.38 bits per heavy atom. The summed E-state index contributed by atoms with van der Waals surface area (Å²) in [6.45, 7) is 4.22. The predicted octanol–water partition coefficient (Wildman–Crippen LogP) is 4.30. The molecule has 212 valence electrons. The lowest BCUT2D eigenvalue weighted by molar-refractivity contribution is -0.136. The summed E-state index contributed by atoms with van der Waals surface area (Å²) < 4.78 is 9.68. The highest BCUT2D eigenvalue weighted by atomic mass is 79.9. The van der Waals surface area contributed by atoms with Crippen molar-refractivity contribution >= 4 is 61.5 Å². The Bertz CT molecular complexity index is 1280. The smallest absolute Gasteiger partial charge is 0.364 e. The summed E-state index contributed by atoms with van der Waals surface area (Å²) in [6, 6.07) is 18.8. The van der Waals surface area contributed by atoms with Gasteiger partial charge in [-0.05, 0) is 25.0 Å². The first-order chi connectivity index (χ1) is 19.4. The number of carbonyl (C=O) groups excluding carboxylic acids is 3. The zero-order chi connectivity index (χ0) is 29.2. The number of ketones is 1. The van der Waals surface area contributed by atoms with Gasteiger partial charge in [0.25, 0.3) is 0 Å². The number of alkyl halides is 1. The highest BCUT2D eigenvalue weighted by Crippen LogP contribution is 2.13. The van der Waals surface area contributed by atoms with Crippen LogP contribution in [-0.2, 0) is 46.7 Å². The number of ether oxygens (including phenoxy) is 2. The number of aromatic nitrogens is 1. The van der Waals surface area contributed by atoms with Gasteiger partial charge in [-0.25, -0.2) is 14.6 Å². The van der Waals surface area contributed by atoms with Gasteiger partial charge in [-0.3, -0.25) is 4.79 Å². The molecule has 0 spiro atoms. The summed E-state index contributed by atoms with van der Waals surface area (Å²) in [6.07, 6.45) is 0. The molecule has 0 radical (unpaired) electrons. The number of thiazole rings is 1. The topological polar surface area (TPSA) is 152 Å². The second kappa shape index (κ2) is 18.2. The van der Waals surface area contributed by atoms with Crippen molar-refractivity contribution in [1.82, 2.24) is 4.98 Å². The van der Waals surface area contributed by atoms with Crippen LogP contribution in [0.25, 0.3) is 0 Å². The fraction of sp³-hybridized carbons (Fsp3) is 0.259. The third kappa shape index (κ3) is 11.3.